The lowest BCUT2D eigenvalue weighted by Gasteiger charge is -2.16. The van der Waals surface area contributed by atoms with E-state index in [1.54, 1.807) is 6.07 Å². The smallest absolute Gasteiger partial charge is 0.308 e. The molecule has 2 unspecified atom stereocenters. The quantitative estimate of drug-likeness (QED) is 0.848. The molecule has 0 aliphatic heterocycles. The van der Waals surface area contributed by atoms with Crippen molar-refractivity contribution < 1.29 is 19.1 Å². The molecule has 5 heteroatoms. The molecule has 22 heavy (non-hydrogen) atoms. The van der Waals surface area contributed by atoms with Crippen LogP contribution in [0.15, 0.2) is 18.2 Å². The standard InChI is InChI=1S/C17H20FNO3/c18-13-4-6-14-11(8-13)3-5-15(14)16(20)19-9-12(17(21)22)7-10-1-2-10/h4,6,8,10,12,15H,1-3,5,7,9H2,(H,19,20)(H,21,22). The summed E-state index contributed by atoms with van der Waals surface area (Å²) >= 11 is 0. The number of benzene rings is 1. The van der Waals surface area contributed by atoms with Crippen molar-refractivity contribution in [2.75, 3.05) is 6.54 Å². The summed E-state index contributed by atoms with van der Waals surface area (Å²) in [5.41, 5.74) is 1.75. The monoisotopic (exact) mass is 305 g/mol. The minimum atomic E-state index is -0.846. The average Bonchev–Trinajstić information content (AvgIpc) is 3.20. The molecule has 0 radical (unpaired) electrons. The van der Waals surface area contributed by atoms with Crippen LogP contribution in [0.2, 0.25) is 0 Å². The van der Waals surface area contributed by atoms with Gasteiger partial charge >= 0.3 is 5.97 Å². The van der Waals surface area contributed by atoms with Crippen LogP contribution in [0.5, 0.6) is 0 Å². The zero-order chi connectivity index (χ0) is 15.7. The number of hydrogen-bond donors (Lipinski definition) is 2. The van der Waals surface area contributed by atoms with Crippen molar-refractivity contribution >= 4 is 11.9 Å². The van der Waals surface area contributed by atoms with Gasteiger partial charge in [0.2, 0.25) is 5.91 Å². The summed E-state index contributed by atoms with van der Waals surface area (Å²) in [6, 6.07) is 4.52. The fraction of sp³-hybridized carbons (Fsp3) is 0.529. The number of aryl methyl sites for hydroxylation is 1. The van der Waals surface area contributed by atoms with E-state index in [9.17, 15) is 19.1 Å². The SMILES string of the molecule is O=C(O)C(CNC(=O)C1CCc2cc(F)ccc21)CC1CC1. The molecular weight excluding hydrogens is 285 g/mol. The number of carboxylic acid groups (broad SMARTS) is 1. The second-order valence-corrected chi connectivity index (χ2v) is 6.39. The molecule has 1 aromatic carbocycles. The highest BCUT2D eigenvalue weighted by Crippen LogP contribution is 2.36. The van der Waals surface area contributed by atoms with Crippen molar-refractivity contribution in [3.8, 4) is 0 Å². The lowest BCUT2D eigenvalue weighted by molar-refractivity contribution is -0.142. The van der Waals surface area contributed by atoms with Crippen molar-refractivity contribution in [2.24, 2.45) is 11.8 Å². The van der Waals surface area contributed by atoms with Crippen LogP contribution in [0.1, 0.15) is 42.7 Å². The minimum Gasteiger partial charge on any atom is -0.481 e. The van der Waals surface area contributed by atoms with Crippen LogP contribution in [-0.2, 0) is 16.0 Å². The number of halogens is 1. The maximum absolute atomic E-state index is 13.2. The van der Waals surface area contributed by atoms with Gasteiger partial charge in [-0.1, -0.05) is 18.9 Å². The van der Waals surface area contributed by atoms with Gasteiger partial charge in [0.25, 0.3) is 0 Å². The predicted octanol–water partition coefficient (Wildman–Crippen LogP) is 2.47. The van der Waals surface area contributed by atoms with E-state index >= 15 is 0 Å². The highest BCUT2D eigenvalue weighted by Gasteiger charge is 2.32. The number of carbonyl (C=O) groups is 2. The van der Waals surface area contributed by atoms with Crippen molar-refractivity contribution in [1.82, 2.24) is 5.32 Å². The summed E-state index contributed by atoms with van der Waals surface area (Å²) in [5.74, 6) is -1.56. The Kier molecular flexibility index (Phi) is 4.14. The fourth-order valence-corrected chi connectivity index (χ4v) is 3.23. The molecule has 0 saturated heterocycles. The Morgan fingerprint density at radius 2 is 2.09 bits per heavy atom. The molecular formula is C17H20FNO3. The van der Waals surface area contributed by atoms with E-state index in [1.165, 1.54) is 12.1 Å². The van der Waals surface area contributed by atoms with Crippen LogP contribution in [-0.4, -0.2) is 23.5 Å². The molecule has 1 aromatic rings. The van der Waals surface area contributed by atoms with Gasteiger partial charge in [-0.15, -0.1) is 0 Å². The molecule has 2 N–H and O–H groups in total. The molecule has 118 valence electrons. The van der Waals surface area contributed by atoms with Gasteiger partial charge in [0.1, 0.15) is 5.82 Å². The predicted molar refractivity (Wildman–Crippen MR) is 78.9 cm³/mol. The molecule has 0 aromatic heterocycles. The summed E-state index contributed by atoms with van der Waals surface area (Å²) < 4.78 is 13.2. The molecule has 1 amide bonds. The number of hydrogen-bond acceptors (Lipinski definition) is 2. The number of nitrogens with one attached hydrogen (secondary N) is 1. The Morgan fingerprint density at radius 1 is 1.32 bits per heavy atom. The maximum atomic E-state index is 13.2. The normalized spacial score (nSPS) is 21.2. The van der Waals surface area contributed by atoms with E-state index in [0.717, 1.165) is 24.0 Å². The lowest BCUT2D eigenvalue weighted by atomic mass is 9.99. The van der Waals surface area contributed by atoms with Crippen LogP contribution < -0.4 is 5.32 Å². The van der Waals surface area contributed by atoms with Crippen LogP contribution in [0.3, 0.4) is 0 Å². The van der Waals surface area contributed by atoms with Gasteiger partial charge < -0.3 is 10.4 Å². The molecule has 4 nitrogen and oxygen atoms in total. The van der Waals surface area contributed by atoms with E-state index in [4.69, 9.17) is 0 Å². The van der Waals surface area contributed by atoms with Crippen LogP contribution in [0.25, 0.3) is 0 Å². The summed E-state index contributed by atoms with van der Waals surface area (Å²) in [6.45, 7) is 0.178. The maximum Gasteiger partial charge on any atom is 0.308 e. The van der Waals surface area contributed by atoms with Crippen LogP contribution >= 0.6 is 0 Å². The van der Waals surface area contributed by atoms with Gasteiger partial charge in [-0.05, 0) is 48.4 Å². The Labute approximate surface area is 128 Å². The molecule has 2 aliphatic carbocycles. The van der Waals surface area contributed by atoms with E-state index in [0.29, 0.717) is 25.2 Å². The van der Waals surface area contributed by atoms with Crippen molar-refractivity contribution in [3.05, 3.63) is 35.1 Å². The third-order valence-corrected chi connectivity index (χ3v) is 4.69. The number of carbonyl (C=O) groups excluding carboxylic acids is 1. The molecule has 2 aliphatic rings. The summed E-state index contributed by atoms with van der Waals surface area (Å²) in [7, 11) is 0. The van der Waals surface area contributed by atoms with Gasteiger partial charge in [0.05, 0.1) is 11.8 Å². The molecule has 1 saturated carbocycles. The second kappa shape index (κ2) is 6.07. The number of aliphatic carboxylic acids is 1. The minimum absolute atomic E-state index is 0.146. The Bertz CT molecular complexity index is 598. The van der Waals surface area contributed by atoms with Crippen LogP contribution in [0.4, 0.5) is 4.39 Å². The highest BCUT2D eigenvalue weighted by atomic mass is 19.1. The molecule has 1 fully saturated rings. The second-order valence-electron chi connectivity index (χ2n) is 6.39. The largest absolute Gasteiger partial charge is 0.481 e. The first kappa shape index (κ1) is 15.0. The Morgan fingerprint density at radius 3 is 2.77 bits per heavy atom. The molecule has 0 heterocycles. The number of amides is 1. The van der Waals surface area contributed by atoms with Crippen molar-refractivity contribution in [3.63, 3.8) is 0 Å². The first-order chi connectivity index (χ1) is 10.5. The van der Waals surface area contributed by atoms with Gasteiger partial charge in [-0.25, -0.2) is 4.39 Å². The number of fused-ring (bicyclic) bond motifs is 1. The van der Waals surface area contributed by atoms with E-state index in [2.05, 4.69) is 5.32 Å². The van der Waals surface area contributed by atoms with E-state index in [1.807, 2.05) is 0 Å². The average molecular weight is 305 g/mol. The van der Waals surface area contributed by atoms with Crippen LogP contribution in [0, 0.1) is 17.7 Å². The third-order valence-electron chi connectivity index (χ3n) is 4.69. The van der Waals surface area contributed by atoms with Crippen molar-refractivity contribution in [1.29, 1.82) is 0 Å². The third kappa shape index (κ3) is 3.29. The topological polar surface area (TPSA) is 66.4 Å². The summed E-state index contributed by atoms with van der Waals surface area (Å²) in [6.07, 6.45) is 4.18. The molecule has 0 spiro atoms. The van der Waals surface area contributed by atoms with Gasteiger partial charge in [-0.3, -0.25) is 9.59 Å². The lowest BCUT2D eigenvalue weighted by Crippen LogP contribution is -2.35. The molecule has 0 bridgehead atoms. The summed E-state index contributed by atoms with van der Waals surface area (Å²) in [4.78, 5) is 23.6. The van der Waals surface area contributed by atoms with Gasteiger partial charge in [-0.2, -0.15) is 0 Å². The van der Waals surface area contributed by atoms with E-state index < -0.39 is 11.9 Å². The zero-order valence-corrected chi connectivity index (χ0v) is 12.3. The number of rotatable bonds is 6. The summed E-state index contributed by atoms with van der Waals surface area (Å²) in [5, 5.41) is 12.0. The van der Waals surface area contributed by atoms with Crippen molar-refractivity contribution in [2.45, 2.75) is 38.0 Å². The molecule has 2 atom stereocenters. The molecule has 3 rings (SSSR count). The van der Waals surface area contributed by atoms with Gasteiger partial charge in [0, 0.05) is 6.54 Å². The fourth-order valence-electron chi connectivity index (χ4n) is 3.23. The zero-order valence-electron chi connectivity index (χ0n) is 12.3. The van der Waals surface area contributed by atoms with Gasteiger partial charge in [0.15, 0.2) is 0 Å². The first-order valence-electron chi connectivity index (χ1n) is 7.83. The van der Waals surface area contributed by atoms with E-state index in [-0.39, 0.29) is 24.2 Å². The first-order valence-corrected chi connectivity index (χ1v) is 7.83. The highest BCUT2D eigenvalue weighted by molar-refractivity contribution is 5.85. The Hall–Kier alpha value is -1.91. The Balaban J connectivity index is 1.59. The number of carboxylic acids is 1.